The maximum Gasteiger partial charge on any atom is 0.265 e. The van der Waals surface area contributed by atoms with Gasteiger partial charge in [-0.25, -0.2) is 0 Å². The molecule has 1 N–H and O–H groups in total. The Balaban J connectivity index is 1.73. The second-order valence-electron chi connectivity index (χ2n) is 6.75. The first kappa shape index (κ1) is 20.7. The third-order valence-corrected chi connectivity index (χ3v) is 5.37. The van der Waals surface area contributed by atoms with Crippen LogP contribution in [-0.2, 0) is 4.79 Å². The molecule has 2 amide bonds. The maximum absolute atomic E-state index is 12.9. The molecule has 0 aliphatic carbocycles. The Hall–Kier alpha value is -2.05. The highest BCUT2D eigenvalue weighted by molar-refractivity contribution is 9.10. The van der Waals surface area contributed by atoms with Gasteiger partial charge in [0.25, 0.3) is 11.8 Å². The van der Waals surface area contributed by atoms with E-state index in [1.807, 2.05) is 17.0 Å². The molecule has 1 atom stereocenters. The van der Waals surface area contributed by atoms with Crippen LogP contribution >= 0.6 is 27.5 Å². The van der Waals surface area contributed by atoms with E-state index in [0.29, 0.717) is 22.0 Å². The Bertz CT molecular complexity index is 851. The molecular formula is C21H22BrClN2O3. The molecule has 1 fully saturated rings. The van der Waals surface area contributed by atoms with Crippen molar-refractivity contribution in [1.82, 2.24) is 4.90 Å². The number of nitrogens with one attached hydrogen (secondary N) is 1. The molecule has 148 valence electrons. The van der Waals surface area contributed by atoms with Crippen LogP contribution in [0.4, 0.5) is 5.69 Å². The Labute approximate surface area is 178 Å². The van der Waals surface area contributed by atoms with E-state index in [2.05, 4.69) is 21.2 Å². The minimum Gasteiger partial charge on any atom is -0.481 e. The van der Waals surface area contributed by atoms with Crippen molar-refractivity contribution in [2.75, 3.05) is 18.4 Å². The van der Waals surface area contributed by atoms with Crippen molar-refractivity contribution >= 4 is 45.0 Å². The van der Waals surface area contributed by atoms with Crippen LogP contribution in [0.3, 0.4) is 0 Å². The van der Waals surface area contributed by atoms with Gasteiger partial charge in [0.05, 0.1) is 11.3 Å². The molecule has 0 spiro atoms. The number of carbonyl (C=O) groups excluding carboxylic acids is 2. The normalized spacial score (nSPS) is 15.0. The van der Waals surface area contributed by atoms with Crippen molar-refractivity contribution in [2.45, 2.75) is 32.3 Å². The maximum atomic E-state index is 12.9. The van der Waals surface area contributed by atoms with Crippen LogP contribution in [0.2, 0.25) is 5.02 Å². The van der Waals surface area contributed by atoms with Gasteiger partial charge in [0.15, 0.2) is 6.10 Å². The molecule has 0 bridgehead atoms. The lowest BCUT2D eigenvalue weighted by molar-refractivity contribution is -0.122. The predicted octanol–water partition coefficient (Wildman–Crippen LogP) is 5.13. The highest BCUT2D eigenvalue weighted by Crippen LogP contribution is 2.25. The largest absolute Gasteiger partial charge is 0.481 e. The van der Waals surface area contributed by atoms with Gasteiger partial charge in [-0.2, -0.15) is 0 Å². The Morgan fingerprint density at radius 1 is 1.11 bits per heavy atom. The fourth-order valence-electron chi connectivity index (χ4n) is 3.08. The number of nitrogens with zero attached hydrogens (tertiary/aromatic N) is 1. The monoisotopic (exact) mass is 464 g/mol. The zero-order chi connectivity index (χ0) is 20.1. The summed E-state index contributed by atoms with van der Waals surface area (Å²) in [5.74, 6) is 0.146. The number of halogens is 2. The molecule has 0 saturated carbocycles. The number of rotatable bonds is 5. The Morgan fingerprint density at radius 2 is 1.79 bits per heavy atom. The van der Waals surface area contributed by atoms with Crippen LogP contribution in [0, 0.1) is 0 Å². The van der Waals surface area contributed by atoms with Crippen molar-refractivity contribution in [3.05, 3.63) is 57.5 Å². The lowest BCUT2D eigenvalue weighted by Gasteiger charge is -2.27. The van der Waals surface area contributed by atoms with Gasteiger partial charge in [0.2, 0.25) is 0 Å². The average molecular weight is 466 g/mol. The number of carbonyl (C=O) groups is 2. The highest BCUT2D eigenvalue weighted by Gasteiger charge is 2.23. The van der Waals surface area contributed by atoms with Gasteiger partial charge in [0, 0.05) is 22.6 Å². The number of hydrogen-bond donors (Lipinski definition) is 1. The number of amides is 2. The molecule has 1 aliphatic rings. The molecule has 5 nitrogen and oxygen atoms in total. The summed E-state index contributed by atoms with van der Waals surface area (Å²) in [5, 5.41) is 3.25. The molecule has 0 aromatic heterocycles. The van der Waals surface area contributed by atoms with E-state index in [1.54, 1.807) is 37.3 Å². The van der Waals surface area contributed by atoms with Gasteiger partial charge in [0.1, 0.15) is 5.75 Å². The summed E-state index contributed by atoms with van der Waals surface area (Å²) in [6.07, 6.45) is 2.40. The Kier molecular flexibility index (Phi) is 6.97. The summed E-state index contributed by atoms with van der Waals surface area (Å²) in [6.45, 7) is 3.13. The first-order valence-electron chi connectivity index (χ1n) is 9.26. The van der Waals surface area contributed by atoms with Crippen molar-refractivity contribution in [2.24, 2.45) is 0 Å². The van der Waals surface area contributed by atoms with E-state index in [4.69, 9.17) is 16.3 Å². The molecule has 1 saturated heterocycles. The summed E-state index contributed by atoms with van der Waals surface area (Å²) < 4.78 is 6.62. The smallest absolute Gasteiger partial charge is 0.265 e. The van der Waals surface area contributed by atoms with Crippen LogP contribution < -0.4 is 10.1 Å². The molecule has 1 heterocycles. The predicted molar refractivity (Wildman–Crippen MR) is 114 cm³/mol. The molecule has 28 heavy (non-hydrogen) atoms. The van der Waals surface area contributed by atoms with Crippen LogP contribution in [-0.4, -0.2) is 35.9 Å². The number of ether oxygens (including phenoxy) is 1. The number of hydrogen-bond acceptors (Lipinski definition) is 3. The zero-order valence-corrected chi connectivity index (χ0v) is 17.9. The quantitative estimate of drug-likeness (QED) is 0.665. The van der Waals surface area contributed by atoms with E-state index in [1.165, 1.54) is 0 Å². The van der Waals surface area contributed by atoms with Crippen molar-refractivity contribution in [3.63, 3.8) is 0 Å². The van der Waals surface area contributed by atoms with E-state index < -0.39 is 6.10 Å². The molecule has 3 rings (SSSR count). The molecule has 0 radical (unpaired) electrons. The molecule has 7 heteroatoms. The lowest BCUT2D eigenvalue weighted by atomic mass is 10.1. The fourth-order valence-corrected chi connectivity index (χ4v) is 3.52. The van der Waals surface area contributed by atoms with Gasteiger partial charge in [-0.1, -0.05) is 27.5 Å². The van der Waals surface area contributed by atoms with Gasteiger partial charge in [-0.05, 0) is 68.7 Å². The molecule has 2 aromatic rings. The van der Waals surface area contributed by atoms with Gasteiger partial charge >= 0.3 is 0 Å². The summed E-state index contributed by atoms with van der Waals surface area (Å²) in [7, 11) is 0. The van der Waals surface area contributed by atoms with E-state index >= 15 is 0 Å². The minimum atomic E-state index is -0.738. The van der Waals surface area contributed by atoms with E-state index in [0.717, 1.165) is 36.8 Å². The van der Waals surface area contributed by atoms with Crippen LogP contribution in [0.5, 0.6) is 5.75 Å². The lowest BCUT2D eigenvalue weighted by Crippen LogP contribution is -2.36. The summed E-state index contributed by atoms with van der Waals surface area (Å²) in [5.41, 5.74) is 0.842. The third-order valence-electron chi connectivity index (χ3n) is 4.61. The third kappa shape index (κ3) is 5.26. The first-order chi connectivity index (χ1) is 13.4. The first-order valence-corrected chi connectivity index (χ1v) is 10.4. The minimum absolute atomic E-state index is 0.0897. The van der Waals surface area contributed by atoms with Gasteiger partial charge < -0.3 is 15.0 Å². The summed E-state index contributed by atoms with van der Waals surface area (Å²) in [6, 6.07) is 12.2. The molecule has 1 aliphatic heterocycles. The van der Waals surface area contributed by atoms with Crippen LogP contribution in [0.1, 0.15) is 36.5 Å². The van der Waals surface area contributed by atoms with E-state index in [9.17, 15) is 9.59 Å². The van der Waals surface area contributed by atoms with Crippen molar-refractivity contribution in [3.8, 4) is 5.75 Å². The topological polar surface area (TPSA) is 58.6 Å². The number of piperidine rings is 1. The highest BCUT2D eigenvalue weighted by atomic mass is 79.9. The molecule has 2 aromatic carbocycles. The second kappa shape index (κ2) is 9.43. The van der Waals surface area contributed by atoms with Crippen molar-refractivity contribution in [1.29, 1.82) is 0 Å². The zero-order valence-electron chi connectivity index (χ0n) is 15.6. The van der Waals surface area contributed by atoms with Crippen molar-refractivity contribution < 1.29 is 14.3 Å². The molecular weight excluding hydrogens is 444 g/mol. The standard InChI is InChI=1S/C21H22BrClN2O3/c1-14(28-17-8-5-15(22)6-9-17)20(26)24-19-13-16(23)7-10-18(19)21(27)25-11-3-2-4-12-25/h5-10,13-14H,2-4,11-12H2,1H3,(H,24,26). The fraction of sp³-hybridized carbons (Fsp3) is 0.333. The van der Waals surface area contributed by atoms with Crippen LogP contribution in [0.15, 0.2) is 46.9 Å². The van der Waals surface area contributed by atoms with Gasteiger partial charge in [-0.3, -0.25) is 9.59 Å². The van der Waals surface area contributed by atoms with Gasteiger partial charge in [-0.15, -0.1) is 0 Å². The second-order valence-corrected chi connectivity index (χ2v) is 8.10. The van der Waals surface area contributed by atoms with Crippen LogP contribution in [0.25, 0.3) is 0 Å². The average Bonchev–Trinajstić information content (AvgIpc) is 2.70. The molecule has 1 unspecified atom stereocenters. The number of anilines is 1. The SMILES string of the molecule is CC(Oc1ccc(Br)cc1)C(=O)Nc1cc(Cl)ccc1C(=O)N1CCCCC1. The summed E-state index contributed by atoms with van der Waals surface area (Å²) >= 11 is 9.47. The number of likely N-dealkylation sites (tertiary alicyclic amines) is 1. The Morgan fingerprint density at radius 3 is 2.46 bits per heavy atom. The number of benzene rings is 2. The van der Waals surface area contributed by atoms with E-state index in [-0.39, 0.29) is 11.8 Å². The summed E-state index contributed by atoms with van der Waals surface area (Å²) in [4.78, 5) is 27.4.